The maximum atomic E-state index is 6.25. The lowest BCUT2D eigenvalue weighted by atomic mass is 9.92. The third-order valence-corrected chi connectivity index (χ3v) is 4.97. The zero-order valence-corrected chi connectivity index (χ0v) is 14.6. The molecule has 0 spiro atoms. The topological polar surface area (TPSA) is 66.0 Å². The largest absolute Gasteiger partial charge is 0.497 e. The van der Waals surface area contributed by atoms with Crippen LogP contribution < -0.4 is 10.5 Å². The van der Waals surface area contributed by atoms with Crippen molar-refractivity contribution in [2.24, 2.45) is 7.05 Å². The highest BCUT2D eigenvalue weighted by Crippen LogP contribution is 2.42. The SMILES string of the molecule is COc1ccc(-c2c(C3=CCCCC3)n(C)c3ncnc(N)c23)cc1. The minimum atomic E-state index is 0.522. The zero-order chi connectivity index (χ0) is 17.4. The number of methoxy groups -OCH3 is 1. The molecule has 3 aromatic rings. The van der Waals surface area contributed by atoms with Crippen molar-refractivity contribution in [2.45, 2.75) is 25.7 Å². The van der Waals surface area contributed by atoms with E-state index in [1.54, 1.807) is 7.11 Å². The Kier molecular flexibility index (Phi) is 3.92. The van der Waals surface area contributed by atoms with Gasteiger partial charge >= 0.3 is 0 Å². The molecule has 128 valence electrons. The number of anilines is 1. The molecule has 2 heterocycles. The van der Waals surface area contributed by atoms with Gasteiger partial charge in [-0.15, -0.1) is 0 Å². The molecule has 0 aliphatic heterocycles. The Bertz CT molecular complexity index is 954. The highest BCUT2D eigenvalue weighted by atomic mass is 16.5. The summed E-state index contributed by atoms with van der Waals surface area (Å²) in [5.74, 6) is 1.36. The van der Waals surface area contributed by atoms with Gasteiger partial charge in [-0.1, -0.05) is 18.2 Å². The van der Waals surface area contributed by atoms with Gasteiger partial charge in [0.2, 0.25) is 0 Å². The maximum Gasteiger partial charge on any atom is 0.146 e. The van der Waals surface area contributed by atoms with Crippen molar-refractivity contribution in [3.05, 3.63) is 42.4 Å². The first-order valence-corrected chi connectivity index (χ1v) is 8.63. The van der Waals surface area contributed by atoms with Crippen molar-refractivity contribution in [1.29, 1.82) is 0 Å². The van der Waals surface area contributed by atoms with Crippen molar-refractivity contribution in [2.75, 3.05) is 12.8 Å². The summed E-state index contributed by atoms with van der Waals surface area (Å²) < 4.78 is 7.46. The van der Waals surface area contributed by atoms with Crippen LogP contribution in [0, 0.1) is 0 Å². The van der Waals surface area contributed by atoms with Gasteiger partial charge in [-0.25, -0.2) is 9.97 Å². The van der Waals surface area contributed by atoms with Gasteiger partial charge in [0, 0.05) is 12.6 Å². The minimum Gasteiger partial charge on any atom is -0.497 e. The second-order valence-electron chi connectivity index (χ2n) is 6.44. The van der Waals surface area contributed by atoms with Crippen LogP contribution in [0.1, 0.15) is 31.4 Å². The molecule has 1 aromatic carbocycles. The smallest absolute Gasteiger partial charge is 0.146 e. The third kappa shape index (κ3) is 2.56. The fourth-order valence-electron chi connectivity index (χ4n) is 3.74. The summed E-state index contributed by atoms with van der Waals surface area (Å²) in [6.07, 6.45) is 8.58. The molecule has 5 nitrogen and oxygen atoms in total. The first-order valence-electron chi connectivity index (χ1n) is 8.63. The molecule has 0 saturated heterocycles. The number of rotatable bonds is 3. The van der Waals surface area contributed by atoms with Gasteiger partial charge in [0.25, 0.3) is 0 Å². The molecule has 25 heavy (non-hydrogen) atoms. The molecule has 0 amide bonds. The molecule has 1 aliphatic carbocycles. The predicted molar refractivity (Wildman–Crippen MR) is 101 cm³/mol. The molecule has 0 bridgehead atoms. The number of benzene rings is 1. The number of allylic oxidation sites excluding steroid dienone is 2. The molecule has 2 aromatic heterocycles. The van der Waals surface area contributed by atoms with Crippen LogP contribution in [0.25, 0.3) is 27.7 Å². The van der Waals surface area contributed by atoms with E-state index in [0.29, 0.717) is 5.82 Å². The van der Waals surface area contributed by atoms with E-state index in [4.69, 9.17) is 10.5 Å². The van der Waals surface area contributed by atoms with E-state index in [1.807, 2.05) is 12.1 Å². The molecule has 0 saturated carbocycles. The van der Waals surface area contributed by atoms with Gasteiger partial charge in [0.05, 0.1) is 18.2 Å². The lowest BCUT2D eigenvalue weighted by Crippen LogP contribution is -2.01. The highest BCUT2D eigenvalue weighted by Gasteiger charge is 2.23. The third-order valence-electron chi connectivity index (χ3n) is 4.97. The Labute approximate surface area is 147 Å². The number of nitrogens with zero attached hydrogens (tertiary/aromatic N) is 3. The molecule has 4 rings (SSSR count). The van der Waals surface area contributed by atoms with Crippen LogP contribution in [0.2, 0.25) is 0 Å². The standard InChI is InChI=1S/C20H22N4O/c1-24-18(14-6-4-3-5-7-14)16(13-8-10-15(25-2)11-9-13)17-19(21)22-12-23-20(17)24/h6,8-12H,3-5,7H2,1-2H3,(H2,21,22,23). The van der Waals surface area contributed by atoms with E-state index in [2.05, 4.69) is 39.8 Å². The molecule has 0 unspecified atom stereocenters. The van der Waals surface area contributed by atoms with E-state index in [0.717, 1.165) is 40.8 Å². The maximum absolute atomic E-state index is 6.25. The first-order chi connectivity index (χ1) is 12.2. The van der Waals surface area contributed by atoms with Gasteiger partial charge in [0.1, 0.15) is 23.5 Å². The first kappa shape index (κ1) is 15.7. The molecule has 2 N–H and O–H groups in total. The van der Waals surface area contributed by atoms with Gasteiger partial charge in [-0.3, -0.25) is 0 Å². The van der Waals surface area contributed by atoms with E-state index in [1.165, 1.54) is 30.4 Å². The lowest BCUT2D eigenvalue weighted by Gasteiger charge is -2.16. The van der Waals surface area contributed by atoms with Crippen LogP contribution in [0.5, 0.6) is 5.75 Å². The fraction of sp³-hybridized carbons (Fsp3) is 0.300. The predicted octanol–water partition coefficient (Wildman–Crippen LogP) is 4.18. The van der Waals surface area contributed by atoms with Crippen LogP contribution in [0.15, 0.2) is 36.7 Å². The van der Waals surface area contributed by atoms with Crippen molar-refractivity contribution in [1.82, 2.24) is 14.5 Å². The van der Waals surface area contributed by atoms with Crippen molar-refractivity contribution < 1.29 is 4.74 Å². The number of nitrogen functional groups attached to an aromatic ring is 1. The molecule has 1 aliphatic rings. The molecule has 0 fully saturated rings. The van der Waals surface area contributed by atoms with Crippen molar-refractivity contribution in [3.8, 4) is 16.9 Å². The second-order valence-corrected chi connectivity index (χ2v) is 6.44. The second kappa shape index (κ2) is 6.24. The average Bonchev–Trinajstić information content (AvgIpc) is 2.97. The Balaban J connectivity index is 2.04. The number of fused-ring (bicyclic) bond motifs is 1. The van der Waals surface area contributed by atoms with E-state index < -0.39 is 0 Å². The highest BCUT2D eigenvalue weighted by molar-refractivity contribution is 6.05. The Morgan fingerprint density at radius 1 is 1.12 bits per heavy atom. The summed E-state index contributed by atoms with van der Waals surface area (Å²) in [5, 5.41) is 0.927. The number of hydrogen-bond acceptors (Lipinski definition) is 4. The van der Waals surface area contributed by atoms with Gasteiger partial charge in [-0.05, 0) is 49.0 Å². The summed E-state index contributed by atoms with van der Waals surface area (Å²) >= 11 is 0. The summed E-state index contributed by atoms with van der Waals surface area (Å²) in [4.78, 5) is 8.73. The Morgan fingerprint density at radius 3 is 2.60 bits per heavy atom. The van der Waals surface area contributed by atoms with Gasteiger partial charge < -0.3 is 15.0 Å². The Hall–Kier alpha value is -2.82. The van der Waals surface area contributed by atoms with Crippen LogP contribution in [-0.2, 0) is 7.05 Å². The lowest BCUT2D eigenvalue weighted by molar-refractivity contribution is 0.415. The summed E-state index contributed by atoms with van der Waals surface area (Å²) in [7, 11) is 3.74. The number of aromatic nitrogens is 3. The minimum absolute atomic E-state index is 0.522. The zero-order valence-electron chi connectivity index (χ0n) is 14.6. The quantitative estimate of drug-likeness (QED) is 0.780. The Morgan fingerprint density at radius 2 is 1.92 bits per heavy atom. The summed E-state index contributed by atoms with van der Waals surface area (Å²) in [6, 6.07) is 8.11. The molecular formula is C20H22N4O. The summed E-state index contributed by atoms with van der Waals surface area (Å²) in [5.41, 5.74) is 11.9. The van der Waals surface area contributed by atoms with E-state index in [9.17, 15) is 0 Å². The number of hydrogen-bond donors (Lipinski definition) is 1. The average molecular weight is 334 g/mol. The summed E-state index contributed by atoms with van der Waals surface area (Å²) in [6.45, 7) is 0. The molecule has 5 heteroatoms. The van der Waals surface area contributed by atoms with Gasteiger partial charge in [0.15, 0.2) is 0 Å². The normalized spacial score (nSPS) is 14.6. The van der Waals surface area contributed by atoms with Crippen LogP contribution in [-0.4, -0.2) is 21.6 Å². The van der Waals surface area contributed by atoms with Crippen LogP contribution >= 0.6 is 0 Å². The molecule has 0 radical (unpaired) electrons. The molecular weight excluding hydrogens is 312 g/mol. The number of nitrogens with two attached hydrogens (primary N) is 1. The van der Waals surface area contributed by atoms with Crippen molar-refractivity contribution >= 4 is 22.4 Å². The van der Waals surface area contributed by atoms with Crippen LogP contribution in [0.3, 0.4) is 0 Å². The molecule has 0 atom stereocenters. The monoisotopic (exact) mass is 334 g/mol. The number of aryl methyl sites for hydroxylation is 1. The van der Waals surface area contributed by atoms with Gasteiger partial charge in [-0.2, -0.15) is 0 Å². The number of ether oxygens (including phenoxy) is 1. The van der Waals surface area contributed by atoms with E-state index >= 15 is 0 Å². The van der Waals surface area contributed by atoms with Crippen LogP contribution in [0.4, 0.5) is 5.82 Å². The fourth-order valence-corrected chi connectivity index (χ4v) is 3.74. The van der Waals surface area contributed by atoms with E-state index in [-0.39, 0.29) is 0 Å². The van der Waals surface area contributed by atoms with Crippen molar-refractivity contribution in [3.63, 3.8) is 0 Å².